The van der Waals surface area contributed by atoms with Crippen molar-refractivity contribution in [2.75, 3.05) is 0 Å². The predicted octanol–water partition coefficient (Wildman–Crippen LogP) is 5.93. The van der Waals surface area contributed by atoms with Gasteiger partial charge in [-0.2, -0.15) is 0 Å². The van der Waals surface area contributed by atoms with Gasteiger partial charge in [-0.1, -0.05) is 82.4 Å². The molecule has 0 fully saturated rings. The monoisotopic (exact) mass is 356 g/mol. The van der Waals surface area contributed by atoms with Crippen molar-refractivity contribution < 1.29 is 18.9 Å². The lowest BCUT2D eigenvalue weighted by Gasteiger charge is -2.12. The summed E-state index contributed by atoms with van der Waals surface area (Å²) in [5, 5.41) is 0. The van der Waals surface area contributed by atoms with Crippen LogP contribution in [0.1, 0.15) is 82.3 Å². The highest BCUT2D eigenvalue weighted by atomic mass is 31.2. The van der Waals surface area contributed by atoms with Gasteiger partial charge in [0.05, 0.1) is 0 Å². The fourth-order valence-corrected chi connectivity index (χ4v) is 3.36. The largest absolute Gasteiger partial charge is 0.524 e. The normalized spacial score (nSPS) is 11.7. The van der Waals surface area contributed by atoms with Gasteiger partial charge >= 0.3 is 7.82 Å². The number of phosphoric acid groups is 1. The molecule has 5 heteroatoms. The molecule has 0 unspecified atom stereocenters. The van der Waals surface area contributed by atoms with E-state index in [1.165, 1.54) is 51.4 Å². The van der Waals surface area contributed by atoms with Crippen LogP contribution in [0, 0.1) is 6.92 Å². The Hall–Kier alpha value is -0.830. The standard InChI is InChI=1S/C19H33O4P/c1-3-4-5-6-7-8-9-10-11-12-13-18-16-17(2)14-15-19(18)23-24(20,21)22/h14-16H,3-13H2,1-2H3,(H2,20,21,22). The Morgan fingerprint density at radius 3 is 2.00 bits per heavy atom. The Bertz CT molecular complexity index is 510. The molecule has 0 heterocycles. The van der Waals surface area contributed by atoms with E-state index in [-0.39, 0.29) is 0 Å². The summed E-state index contributed by atoms with van der Waals surface area (Å²) < 4.78 is 15.8. The van der Waals surface area contributed by atoms with E-state index in [0.717, 1.165) is 30.4 Å². The first kappa shape index (κ1) is 21.2. The van der Waals surface area contributed by atoms with Crippen molar-refractivity contribution in [3.05, 3.63) is 29.3 Å². The van der Waals surface area contributed by atoms with Crippen molar-refractivity contribution in [1.82, 2.24) is 0 Å². The quantitative estimate of drug-likeness (QED) is 0.339. The lowest BCUT2D eigenvalue weighted by atomic mass is 10.0. The number of phosphoric ester groups is 1. The van der Waals surface area contributed by atoms with Gasteiger partial charge in [0.1, 0.15) is 5.75 Å². The number of benzene rings is 1. The van der Waals surface area contributed by atoms with E-state index in [4.69, 9.17) is 14.3 Å². The van der Waals surface area contributed by atoms with Crippen LogP contribution >= 0.6 is 7.82 Å². The van der Waals surface area contributed by atoms with Crippen LogP contribution in [-0.4, -0.2) is 9.79 Å². The number of aryl methyl sites for hydroxylation is 2. The molecule has 0 aromatic heterocycles. The van der Waals surface area contributed by atoms with E-state index >= 15 is 0 Å². The third-order valence-corrected chi connectivity index (χ3v) is 4.67. The van der Waals surface area contributed by atoms with Crippen LogP contribution < -0.4 is 4.52 Å². The lowest BCUT2D eigenvalue weighted by Crippen LogP contribution is -1.96. The van der Waals surface area contributed by atoms with Gasteiger partial charge in [-0.15, -0.1) is 0 Å². The first-order valence-corrected chi connectivity index (χ1v) is 10.8. The molecule has 1 rings (SSSR count). The zero-order valence-corrected chi connectivity index (χ0v) is 16.1. The molecule has 0 bridgehead atoms. The first-order valence-electron chi connectivity index (χ1n) is 9.27. The highest BCUT2D eigenvalue weighted by Gasteiger charge is 2.18. The van der Waals surface area contributed by atoms with Crippen LogP contribution in [0.3, 0.4) is 0 Å². The minimum Gasteiger partial charge on any atom is -0.404 e. The Morgan fingerprint density at radius 2 is 1.46 bits per heavy atom. The maximum Gasteiger partial charge on any atom is 0.524 e. The van der Waals surface area contributed by atoms with Crippen molar-refractivity contribution in [1.29, 1.82) is 0 Å². The van der Waals surface area contributed by atoms with Crippen molar-refractivity contribution >= 4 is 7.82 Å². The van der Waals surface area contributed by atoms with E-state index in [1.54, 1.807) is 6.07 Å². The third kappa shape index (κ3) is 10.1. The summed E-state index contributed by atoms with van der Waals surface area (Å²) in [6.45, 7) is 4.22. The molecule has 0 amide bonds. The van der Waals surface area contributed by atoms with Crippen LogP contribution in [0.4, 0.5) is 0 Å². The molecule has 0 spiro atoms. The molecule has 1 aromatic carbocycles. The van der Waals surface area contributed by atoms with Crippen LogP contribution in [0.5, 0.6) is 5.75 Å². The minimum absolute atomic E-state index is 0.310. The Morgan fingerprint density at radius 1 is 0.917 bits per heavy atom. The number of unbranched alkanes of at least 4 members (excludes halogenated alkanes) is 9. The maximum absolute atomic E-state index is 11.1. The SMILES string of the molecule is CCCCCCCCCCCCc1cc(C)ccc1OP(=O)(O)O. The Balaban J connectivity index is 2.25. The molecule has 0 aliphatic rings. The van der Waals surface area contributed by atoms with Gasteiger partial charge < -0.3 is 4.52 Å². The van der Waals surface area contributed by atoms with Gasteiger partial charge in [0.2, 0.25) is 0 Å². The van der Waals surface area contributed by atoms with E-state index in [9.17, 15) is 4.57 Å². The highest BCUT2D eigenvalue weighted by Crippen LogP contribution is 2.39. The Kier molecular flexibility index (Phi) is 10.3. The van der Waals surface area contributed by atoms with Crippen LogP contribution in [0.25, 0.3) is 0 Å². The molecule has 0 atom stereocenters. The molecular weight excluding hydrogens is 323 g/mol. The molecule has 4 nitrogen and oxygen atoms in total. The highest BCUT2D eigenvalue weighted by molar-refractivity contribution is 7.46. The van der Waals surface area contributed by atoms with Crippen molar-refractivity contribution in [2.45, 2.75) is 84.5 Å². The molecule has 0 saturated heterocycles. The van der Waals surface area contributed by atoms with Crippen molar-refractivity contribution in [3.8, 4) is 5.75 Å². The number of rotatable bonds is 13. The second-order valence-electron chi connectivity index (χ2n) is 6.63. The topological polar surface area (TPSA) is 66.8 Å². The average Bonchev–Trinajstić information content (AvgIpc) is 2.50. The fraction of sp³-hybridized carbons (Fsp3) is 0.684. The van der Waals surface area contributed by atoms with Crippen molar-refractivity contribution in [3.63, 3.8) is 0 Å². The fourth-order valence-electron chi connectivity index (χ4n) is 2.92. The third-order valence-electron chi connectivity index (χ3n) is 4.23. The van der Waals surface area contributed by atoms with Gasteiger partial charge in [-0.05, 0) is 31.4 Å². The summed E-state index contributed by atoms with van der Waals surface area (Å²) in [4.78, 5) is 18.0. The number of hydrogen-bond acceptors (Lipinski definition) is 2. The zero-order valence-electron chi connectivity index (χ0n) is 15.2. The summed E-state index contributed by atoms with van der Waals surface area (Å²) in [5.41, 5.74) is 1.97. The first-order chi connectivity index (χ1) is 11.4. The van der Waals surface area contributed by atoms with Crippen LogP contribution in [-0.2, 0) is 11.0 Å². The zero-order chi connectivity index (χ0) is 17.8. The summed E-state index contributed by atoms with van der Waals surface area (Å²) >= 11 is 0. The molecule has 24 heavy (non-hydrogen) atoms. The summed E-state index contributed by atoms with van der Waals surface area (Å²) in [5.74, 6) is 0.310. The number of hydrogen-bond donors (Lipinski definition) is 2. The molecule has 0 saturated carbocycles. The van der Waals surface area contributed by atoms with E-state index in [1.807, 2.05) is 19.1 Å². The smallest absolute Gasteiger partial charge is 0.404 e. The second kappa shape index (κ2) is 11.7. The molecule has 0 aliphatic carbocycles. The molecule has 1 aromatic rings. The molecule has 2 N–H and O–H groups in total. The van der Waals surface area contributed by atoms with Crippen LogP contribution in [0.15, 0.2) is 18.2 Å². The van der Waals surface area contributed by atoms with Gasteiger partial charge in [0.25, 0.3) is 0 Å². The van der Waals surface area contributed by atoms with Crippen LogP contribution in [0.2, 0.25) is 0 Å². The van der Waals surface area contributed by atoms with Gasteiger partial charge in [-0.25, -0.2) is 4.57 Å². The lowest BCUT2D eigenvalue weighted by molar-refractivity contribution is 0.282. The van der Waals surface area contributed by atoms with E-state index in [2.05, 4.69) is 6.92 Å². The molecule has 0 radical (unpaired) electrons. The van der Waals surface area contributed by atoms with E-state index in [0.29, 0.717) is 5.75 Å². The van der Waals surface area contributed by atoms with Crippen molar-refractivity contribution in [2.24, 2.45) is 0 Å². The van der Waals surface area contributed by atoms with Gasteiger partial charge in [0, 0.05) is 0 Å². The average molecular weight is 356 g/mol. The van der Waals surface area contributed by atoms with Gasteiger partial charge in [-0.3, -0.25) is 9.79 Å². The molecule has 138 valence electrons. The second-order valence-corrected chi connectivity index (χ2v) is 7.79. The van der Waals surface area contributed by atoms with E-state index < -0.39 is 7.82 Å². The summed E-state index contributed by atoms with van der Waals surface area (Å²) in [7, 11) is -4.50. The minimum atomic E-state index is -4.50. The summed E-state index contributed by atoms with van der Waals surface area (Å²) in [6, 6.07) is 5.42. The Labute approximate surface area is 146 Å². The van der Waals surface area contributed by atoms with Gasteiger partial charge in [0.15, 0.2) is 0 Å². The molecule has 0 aliphatic heterocycles. The summed E-state index contributed by atoms with van der Waals surface area (Å²) in [6.07, 6.45) is 13.5. The maximum atomic E-state index is 11.1. The predicted molar refractivity (Wildman–Crippen MR) is 99.4 cm³/mol. The molecular formula is C19H33O4P.